The smallest absolute Gasteiger partial charge is 0.462 e. The van der Waals surface area contributed by atoms with Gasteiger partial charge in [0.15, 0.2) is 12.2 Å². The van der Waals surface area contributed by atoms with Gasteiger partial charge in [-0.2, -0.15) is 0 Å². The second-order valence-corrected chi connectivity index (χ2v) is 30.4. The van der Waals surface area contributed by atoms with Crippen LogP contribution in [0.2, 0.25) is 0 Å². The summed E-state index contributed by atoms with van der Waals surface area (Å²) < 4.78 is 68.3. The molecule has 0 aliphatic carbocycles. The molecule has 0 aromatic rings. The number of rotatable bonds is 68. The zero-order valence-electron chi connectivity index (χ0n) is 58.8. The van der Waals surface area contributed by atoms with Crippen LogP contribution in [0, 0.1) is 23.7 Å². The Morgan fingerprint density at radius 1 is 0.278 bits per heavy atom. The minimum Gasteiger partial charge on any atom is -0.462 e. The molecule has 0 heterocycles. The van der Waals surface area contributed by atoms with Crippen molar-refractivity contribution in [3.05, 3.63) is 0 Å². The summed E-state index contributed by atoms with van der Waals surface area (Å²) in [6, 6.07) is 0. The number of phosphoric ester groups is 2. The van der Waals surface area contributed by atoms with Crippen LogP contribution >= 0.6 is 15.6 Å². The fraction of sp³-hybridized carbons (Fsp3) is 0.944. The number of hydrogen-bond acceptors (Lipinski definition) is 15. The van der Waals surface area contributed by atoms with E-state index in [1.54, 1.807) is 0 Å². The molecule has 0 saturated heterocycles. The van der Waals surface area contributed by atoms with Crippen molar-refractivity contribution in [3.63, 3.8) is 0 Å². The van der Waals surface area contributed by atoms with Gasteiger partial charge in [-0.15, -0.1) is 0 Å². The van der Waals surface area contributed by atoms with E-state index in [-0.39, 0.29) is 25.7 Å². The second-order valence-electron chi connectivity index (χ2n) is 27.5. The molecule has 17 nitrogen and oxygen atoms in total. The Hall–Kier alpha value is -1.94. The first-order valence-electron chi connectivity index (χ1n) is 36.7. The SMILES string of the molecule is CC(C)CCCCCCCCCCCCCCCC(=O)OC[C@H](COP(=O)(O)OCC(O)COP(=O)(O)OC[C@@H](COC(=O)CCCCCCCCCCC(C)C)OC(=O)CCCCCCCCCC(C)C)OC(=O)CCCCCCCCCCCCC(C)C. The first-order valence-corrected chi connectivity index (χ1v) is 39.7. The van der Waals surface area contributed by atoms with Crippen LogP contribution in [0.5, 0.6) is 0 Å². The van der Waals surface area contributed by atoms with E-state index in [0.717, 1.165) is 108 Å². The summed E-state index contributed by atoms with van der Waals surface area (Å²) in [5.41, 5.74) is 0. The van der Waals surface area contributed by atoms with Gasteiger partial charge in [0.1, 0.15) is 19.3 Å². The zero-order valence-corrected chi connectivity index (χ0v) is 60.6. The van der Waals surface area contributed by atoms with Crippen LogP contribution in [-0.2, 0) is 65.4 Å². The van der Waals surface area contributed by atoms with E-state index in [1.807, 2.05) is 0 Å². The number of esters is 4. The molecule has 3 unspecified atom stereocenters. The molecule has 0 rings (SSSR count). The molecule has 19 heteroatoms. The van der Waals surface area contributed by atoms with E-state index in [1.165, 1.54) is 154 Å². The number of ether oxygens (including phenoxy) is 4. The highest BCUT2D eigenvalue weighted by molar-refractivity contribution is 7.47. The molecule has 0 aromatic carbocycles. The van der Waals surface area contributed by atoms with Gasteiger partial charge in [0.25, 0.3) is 0 Å². The predicted octanol–water partition coefficient (Wildman–Crippen LogP) is 20.1. The number of carbonyl (C=O) groups excluding carboxylic acids is 4. The maximum Gasteiger partial charge on any atom is 0.472 e. The number of aliphatic hydroxyl groups is 1. The quantitative estimate of drug-likeness (QED) is 0.0222. The van der Waals surface area contributed by atoms with Gasteiger partial charge < -0.3 is 33.8 Å². The van der Waals surface area contributed by atoms with Gasteiger partial charge in [0, 0.05) is 25.7 Å². The minimum absolute atomic E-state index is 0.102. The third-order valence-electron chi connectivity index (χ3n) is 16.3. The lowest BCUT2D eigenvalue weighted by atomic mass is 10.0. The summed E-state index contributed by atoms with van der Waals surface area (Å²) >= 11 is 0. The average molecular weight is 1330 g/mol. The highest BCUT2D eigenvalue weighted by Gasteiger charge is 2.30. The Morgan fingerprint density at radius 3 is 0.689 bits per heavy atom. The van der Waals surface area contributed by atoms with E-state index in [0.29, 0.717) is 31.6 Å². The maximum atomic E-state index is 13.0. The Kier molecular flexibility index (Phi) is 59.4. The number of hydrogen-bond donors (Lipinski definition) is 3. The van der Waals surface area contributed by atoms with Crippen LogP contribution in [0.3, 0.4) is 0 Å². The minimum atomic E-state index is -4.95. The highest BCUT2D eigenvalue weighted by Crippen LogP contribution is 2.45. The zero-order chi connectivity index (χ0) is 66.8. The van der Waals surface area contributed by atoms with Crippen LogP contribution < -0.4 is 0 Å². The molecule has 90 heavy (non-hydrogen) atoms. The Labute approximate surface area is 549 Å². The van der Waals surface area contributed by atoms with Crippen LogP contribution in [0.1, 0.15) is 351 Å². The molecule has 0 aliphatic rings. The maximum absolute atomic E-state index is 13.0. The fourth-order valence-corrected chi connectivity index (χ4v) is 12.2. The van der Waals surface area contributed by atoms with Gasteiger partial charge in [-0.25, -0.2) is 9.13 Å². The molecule has 3 N–H and O–H groups in total. The summed E-state index contributed by atoms with van der Waals surface area (Å²) in [6.07, 6.45) is 43.2. The predicted molar refractivity (Wildman–Crippen MR) is 363 cm³/mol. The summed E-state index contributed by atoms with van der Waals surface area (Å²) in [5, 5.41) is 10.6. The Balaban J connectivity index is 5.24. The van der Waals surface area contributed by atoms with Crippen molar-refractivity contribution in [1.29, 1.82) is 0 Å². The molecule has 0 aromatic heterocycles. The van der Waals surface area contributed by atoms with Crippen molar-refractivity contribution in [3.8, 4) is 0 Å². The number of unbranched alkanes of at least 4 members (excludes halogenated alkanes) is 34. The molecule has 0 fully saturated rings. The van der Waals surface area contributed by atoms with Gasteiger partial charge in [0.05, 0.1) is 26.4 Å². The standard InChI is InChI=1S/C71H138O17P2/c1-61(2)47-39-31-23-16-12-10-9-11-13-18-27-35-43-51-68(73)81-57-66(87-70(75)53-45-37-29-19-15-14-17-24-32-40-48-62(3)4)59-85-89(77,78)83-55-65(72)56-84-90(79,80)86-60-67(88-71(76)54-46-38-30-22-26-34-42-50-64(7)8)58-82-69(74)52-44-36-28-21-20-25-33-41-49-63(5)6/h61-67,72H,9-60H2,1-8H3,(H,77,78)(H,79,80)/t65?,66-,67-/m1/s1. The molecule has 0 saturated carbocycles. The lowest BCUT2D eigenvalue weighted by molar-refractivity contribution is -0.161. The summed E-state index contributed by atoms with van der Waals surface area (Å²) in [5.74, 6) is 0.835. The van der Waals surface area contributed by atoms with Gasteiger partial charge in [0.2, 0.25) is 0 Å². The van der Waals surface area contributed by atoms with E-state index in [2.05, 4.69) is 55.4 Å². The number of aliphatic hydroxyl groups excluding tert-OH is 1. The average Bonchev–Trinajstić information content (AvgIpc) is 2.24. The van der Waals surface area contributed by atoms with E-state index in [4.69, 9.17) is 37.0 Å². The Bertz CT molecular complexity index is 1780. The lowest BCUT2D eigenvalue weighted by Crippen LogP contribution is -2.30. The molecule has 0 radical (unpaired) electrons. The van der Waals surface area contributed by atoms with Crippen molar-refractivity contribution in [2.75, 3.05) is 39.6 Å². The van der Waals surface area contributed by atoms with Gasteiger partial charge >= 0.3 is 39.5 Å². The van der Waals surface area contributed by atoms with Gasteiger partial charge in [-0.3, -0.25) is 37.3 Å². The van der Waals surface area contributed by atoms with Crippen LogP contribution in [-0.4, -0.2) is 96.7 Å². The first-order chi connectivity index (χ1) is 43.1. The molecule has 0 amide bonds. The topological polar surface area (TPSA) is 237 Å². The number of carbonyl (C=O) groups is 4. The van der Waals surface area contributed by atoms with Gasteiger partial charge in [-0.1, -0.05) is 299 Å². The van der Waals surface area contributed by atoms with E-state index < -0.39 is 97.5 Å². The van der Waals surface area contributed by atoms with Crippen molar-refractivity contribution >= 4 is 39.5 Å². The van der Waals surface area contributed by atoms with Crippen LogP contribution in [0.25, 0.3) is 0 Å². The Morgan fingerprint density at radius 2 is 0.467 bits per heavy atom. The van der Waals surface area contributed by atoms with Gasteiger partial charge in [-0.05, 0) is 49.4 Å². The molecular weight excluding hydrogens is 1190 g/mol. The third-order valence-corrected chi connectivity index (χ3v) is 18.2. The summed E-state index contributed by atoms with van der Waals surface area (Å²) in [4.78, 5) is 72.6. The number of phosphoric acid groups is 2. The molecule has 0 spiro atoms. The second kappa shape index (κ2) is 60.7. The highest BCUT2D eigenvalue weighted by atomic mass is 31.2. The first kappa shape index (κ1) is 88.1. The third kappa shape index (κ3) is 64.8. The lowest BCUT2D eigenvalue weighted by Gasteiger charge is -2.21. The molecule has 0 aliphatic heterocycles. The summed E-state index contributed by atoms with van der Waals surface area (Å²) in [7, 11) is -9.90. The van der Waals surface area contributed by atoms with Crippen LogP contribution in [0.15, 0.2) is 0 Å². The van der Waals surface area contributed by atoms with Crippen molar-refractivity contribution in [2.24, 2.45) is 23.7 Å². The molecule has 5 atom stereocenters. The van der Waals surface area contributed by atoms with Crippen molar-refractivity contribution < 1.29 is 80.2 Å². The normalized spacial score (nSPS) is 14.3. The molecule has 534 valence electrons. The molecular formula is C71H138O17P2. The van der Waals surface area contributed by atoms with E-state index >= 15 is 0 Å². The largest absolute Gasteiger partial charge is 0.472 e. The molecule has 0 bridgehead atoms. The summed E-state index contributed by atoms with van der Waals surface area (Å²) in [6.45, 7) is 14.1. The van der Waals surface area contributed by atoms with E-state index in [9.17, 15) is 43.2 Å². The van der Waals surface area contributed by atoms with Crippen molar-refractivity contribution in [2.45, 2.75) is 369 Å². The fourth-order valence-electron chi connectivity index (χ4n) is 10.7. The van der Waals surface area contributed by atoms with Crippen LogP contribution in [0.4, 0.5) is 0 Å². The van der Waals surface area contributed by atoms with Crippen molar-refractivity contribution in [1.82, 2.24) is 0 Å². The monoisotopic (exact) mass is 1320 g/mol.